The molecule has 122 valence electrons. The first-order chi connectivity index (χ1) is 12.3. The van der Waals surface area contributed by atoms with Crippen LogP contribution in [-0.2, 0) is 6.54 Å². The first-order valence-corrected chi connectivity index (χ1v) is 8.05. The van der Waals surface area contributed by atoms with Gasteiger partial charge in [-0.1, -0.05) is 48.5 Å². The third-order valence-corrected chi connectivity index (χ3v) is 4.11. The van der Waals surface area contributed by atoms with Crippen LogP contribution in [0.5, 0.6) is 0 Å². The number of aromatic nitrogens is 1. The predicted molar refractivity (Wildman–Crippen MR) is 97.1 cm³/mol. The van der Waals surface area contributed by atoms with Crippen molar-refractivity contribution in [3.05, 3.63) is 90.4 Å². The fourth-order valence-electron chi connectivity index (χ4n) is 2.86. The molecule has 0 saturated carbocycles. The lowest BCUT2D eigenvalue weighted by Crippen LogP contribution is -2.22. The molecule has 25 heavy (non-hydrogen) atoms. The molecule has 4 rings (SSSR count). The van der Waals surface area contributed by atoms with Gasteiger partial charge in [0.2, 0.25) is 0 Å². The van der Waals surface area contributed by atoms with Crippen LogP contribution >= 0.6 is 0 Å². The summed E-state index contributed by atoms with van der Waals surface area (Å²) < 4.78 is 5.72. The van der Waals surface area contributed by atoms with E-state index < -0.39 is 0 Å². The number of hydrogen-bond acceptors (Lipinski definition) is 3. The van der Waals surface area contributed by atoms with Crippen LogP contribution < -0.4 is 5.32 Å². The average molecular weight is 328 g/mol. The van der Waals surface area contributed by atoms with Gasteiger partial charge in [0.15, 0.2) is 0 Å². The molecule has 0 unspecified atom stereocenters. The standard InChI is InChI=1S/C21H16N2O2/c24-21(23-12-15-6-2-1-3-7-15)18-10-4-9-17-19(14-25-20(17)18)16-8-5-11-22-13-16/h1-11,13-14H,12H2,(H,23,24). The summed E-state index contributed by atoms with van der Waals surface area (Å²) in [5, 5.41) is 3.85. The zero-order valence-electron chi connectivity index (χ0n) is 13.5. The second kappa shape index (κ2) is 6.61. The number of pyridine rings is 1. The van der Waals surface area contributed by atoms with Crippen LogP contribution in [0.4, 0.5) is 0 Å². The van der Waals surface area contributed by atoms with E-state index in [1.165, 1.54) is 0 Å². The molecule has 2 aromatic heterocycles. The molecule has 4 nitrogen and oxygen atoms in total. The zero-order valence-corrected chi connectivity index (χ0v) is 13.5. The highest BCUT2D eigenvalue weighted by Gasteiger charge is 2.16. The molecule has 0 bridgehead atoms. The minimum atomic E-state index is -0.151. The van der Waals surface area contributed by atoms with Gasteiger partial charge in [0, 0.05) is 35.5 Å². The fraction of sp³-hybridized carbons (Fsp3) is 0.0476. The molecule has 0 atom stereocenters. The Hall–Kier alpha value is -3.40. The molecule has 4 heteroatoms. The van der Waals surface area contributed by atoms with Crippen molar-refractivity contribution in [2.24, 2.45) is 0 Å². The van der Waals surface area contributed by atoms with E-state index in [-0.39, 0.29) is 5.91 Å². The van der Waals surface area contributed by atoms with E-state index in [2.05, 4.69) is 10.3 Å². The lowest BCUT2D eigenvalue weighted by atomic mass is 10.0. The molecular formula is C21H16N2O2. The molecule has 1 N–H and O–H groups in total. The summed E-state index contributed by atoms with van der Waals surface area (Å²) in [6.45, 7) is 0.478. The SMILES string of the molecule is O=C(NCc1ccccc1)c1cccc2c(-c3cccnc3)coc12. The van der Waals surface area contributed by atoms with Gasteiger partial charge < -0.3 is 9.73 Å². The van der Waals surface area contributed by atoms with Crippen molar-refractivity contribution in [3.8, 4) is 11.1 Å². The molecule has 1 amide bonds. The number of fused-ring (bicyclic) bond motifs is 1. The van der Waals surface area contributed by atoms with Gasteiger partial charge in [-0.2, -0.15) is 0 Å². The van der Waals surface area contributed by atoms with E-state index in [4.69, 9.17) is 4.42 Å². The van der Waals surface area contributed by atoms with Gasteiger partial charge in [-0.25, -0.2) is 0 Å². The number of nitrogens with zero attached hydrogens (tertiary/aromatic N) is 1. The van der Waals surface area contributed by atoms with Crippen LogP contribution in [0, 0.1) is 0 Å². The van der Waals surface area contributed by atoms with Gasteiger partial charge in [-0.3, -0.25) is 9.78 Å². The summed E-state index contributed by atoms with van der Waals surface area (Å²) >= 11 is 0. The molecule has 4 aromatic rings. The Kier molecular flexibility index (Phi) is 4.01. The Balaban J connectivity index is 1.64. The van der Waals surface area contributed by atoms with Crippen LogP contribution in [0.25, 0.3) is 22.1 Å². The van der Waals surface area contributed by atoms with Crippen molar-refractivity contribution < 1.29 is 9.21 Å². The first-order valence-electron chi connectivity index (χ1n) is 8.05. The van der Waals surface area contributed by atoms with Crippen molar-refractivity contribution in [1.82, 2.24) is 10.3 Å². The van der Waals surface area contributed by atoms with Crippen LogP contribution in [0.1, 0.15) is 15.9 Å². The van der Waals surface area contributed by atoms with Gasteiger partial charge in [0.1, 0.15) is 5.58 Å². The van der Waals surface area contributed by atoms with Gasteiger partial charge in [-0.15, -0.1) is 0 Å². The minimum absolute atomic E-state index is 0.151. The quantitative estimate of drug-likeness (QED) is 0.603. The maximum Gasteiger partial charge on any atom is 0.255 e. The van der Waals surface area contributed by atoms with E-state index in [0.717, 1.165) is 22.1 Å². The minimum Gasteiger partial charge on any atom is -0.463 e. The Morgan fingerprint density at radius 2 is 1.88 bits per heavy atom. The number of benzene rings is 2. The summed E-state index contributed by atoms with van der Waals surface area (Å²) in [7, 11) is 0. The largest absolute Gasteiger partial charge is 0.463 e. The van der Waals surface area contributed by atoms with E-state index in [9.17, 15) is 4.79 Å². The summed E-state index contributed by atoms with van der Waals surface area (Å²) in [5.41, 5.74) is 4.07. The van der Waals surface area contributed by atoms with Gasteiger partial charge in [0.05, 0.1) is 11.8 Å². The summed E-state index contributed by atoms with van der Waals surface area (Å²) in [5.74, 6) is -0.151. The second-order valence-electron chi connectivity index (χ2n) is 5.74. The van der Waals surface area contributed by atoms with E-state index >= 15 is 0 Å². The third kappa shape index (κ3) is 3.02. The number of carbonyl (C=O) groups is 1. The molecular weight excluding hydrogens is 312 g/mol. The molecule has 0 saturated heterocycles. The highest BCUT2D eigenvalue weighted by molar-refractivity contribution is 6.08. The number of furan rings is 1. The first kappa shape index (κ1) is 15.1. The van der Waals surface area contributed by atoms with E-state index in [0.29, 0.717) is 17.7 Å². The van der Waals surface area contributed by atoms with Crippen LogP contribution in [-0.4, -0.2) is 10.9 Å². The summed E-state index contributed by atoms with van der Waals surface area (Å²) in [6, 6.07) is 19.3. The smallest absolute Gasteiger partial charge is 0.255 e. The lowest BCUT2D eigenvalue weighted by Gasteiger charge is -2.06. The van der Waals surface area contributed by atoms with Gasteiger partial charge >= 0.3 is 0 Å². The van der Waals surface area contributed by atoms with Crippen molar-refractivity contribution in [1.29, 1.82) is 0 Å². The van der Waals surface area contributed by atoms with Crippen molar-refractivity contribution >= 4 is 16.9 Å². The molecule has 0 aliphatic heterocycles. The highest BCUT2D eigenvalue weighted by atomic mass is 16.3. The maximum atomic E-state index is 12.6. The van der Waals surface area contributed by atoms with E-state index in [1.54, 1.807) is 24.7 Å². The molecule has 2 aromatic carbocycles. The lowest BCUT2D eigenvalue weighted by molar-refractivity contribution is 0.0951. The summed E-state index contributed by atoms with van der Waals surface area (Å²) in [4.78, 5) is 16.7. The molecule has 0 spiro atoms. The number of para-hydroxylation sites is 1. The van der Waals surface area contributed by atoms with Crippen LogP contribution in [0.2, 0.25) is 0 Å². The number of carbonyl (C=O) groups excluding carboxylic acids is 1. The Morgan fingerprint density at radius 1 is 1.00 bits per heavy atom. The van der Waals surface area contributed by atoms with Crippen LogP contribution in [0.15, 0.2) is 83.7 Å². The maximum absolute atomic E-state index is 12.6. The highest BCUT2D eigenvalue weighted by Crippen LogP contribution is 2.31. The number of nitrogens with one attached hydrogen (secondary N) is 1. The third-order valence-electron chi connectivity index (χ3n) is 4.11. The van der Waals surface area contributed by atoms with Gasteiger partial charge in [-0.05, 0) is 17.7 Å². The molecule has 2 heterocycles. The molecule has 0 aliphatic rings. The fourth-order valence-corrected chi connectivity index (χ4v) is 2.86. The molecule has 0 aliphatic carbocycles. The van der Waals surface area contributed by atoms with Crippen molar-refractivity contribution in [2.45, 2.75) is 6.54 Å². The summed E-state index contributed by atoms with van der Waals surface area (Å²) in [6.07, 6.45) is 5.19. The molecule has 0 fully saturated rings. The monoisotopic (exact) mass is 328 g/mol. The average Bonchev–Trinajstić information content (AvgIpc) is 3.12. The Bertz CT molecular complexity index is 1010. The number of hydrogen-bond donors (Lipinski definition) is 1. The van der Waals surface area contributed by atoms with Crippen LogP contribution in [0.3, 0.4) is 0 Å². The van der Waals surface area contributed by atoms with Crippen molar-refractivity contribution in [2.75, 3.05) is 0 Å². The number of rotatable bonds is 4. The second-order valence-corrected chi connectivity index (χ2v) is 5.74. The van der Waals surface area contributed by atoms with E-state index in [1.807, 2.05) is 54.6 Å². The Morgan fingerprint density at radius 3 is 2.68 bits per heavy atom. The normalized spacial score (nSPS) is 10.7. The van der Waals surface area contributed by atoms with Gasteiger partial charge in [0.25, 0.3) is 5.91 Å². The topological polar surface area (TPSA) is 55.1 Å². The molecule has 0 radical (unpaired) electrons. The number of amides is 1. The Labute approximate surface area is 145 Å². The predicted octanol–water partition coefficient (Wildman–Crippen LogP) is 4.42. The zero-order chi connectivity index (χ0) is 17.1. The van der Waals surface area contributed by atoms with Crippen molar-refractivity contribution in [3.63, 3.8) is 0 Å².